The van der Waals surface area contributed by atoms with Crippen molar-refractivity contribution < 1.29 is 26.4 Å². The van der Waals surface area contributed by atoms with E-state index in [0.29, 0.717) is 6.41 Å². The Hall–Kier alpha value is -1.61. The van der Waals surface area contributed by atoms with E-state index in [1.807, 2.05) is 0 Å². The van der Waals surface area contributed by atoms with E-state index >= 15 is 0 Å². The Morgan fingerprint density at radius 3 is 2.23 bits per heavy atom. The SMILES string of the molecule is C[C@H]1CN(S(=O)(=O)c2ccc(C(F)(F)F)cc2)CCN1C=O. The van der Waals surface area contributed by atoms with Crippen LogP contribution in [0, 0.1) is 0 Å². The number of piperazine rings is 1. The van der Waals surface area contributed by atoms with E-state index in [4.69, 9.17) is 0 Å². The molecule has 0 radical (unpaired) electrons. The molecule has 0 aliphatic carbocycles. The summed E-state index contributed by atoms with van der Waals surface area (Å²) in [6, 6.07) is 3.12. The Bertz CT molecular complexity index is 643. The van der Waals surface area contributed by atoms with Crippen molar-refractivity contribution in [2.24, 2.45) is 0 Å². The molecule has 0 saturated carbocycles. The summed E-state index contributed by atoms with van der Waals surface area (Å²) in [5.74, 6) is 0. The topological polar surface area (TPSA) is 57.7 Å². The molecule has 1 heterocycles. The van der Waals surface area contributed by atoms with Gasteiger partial charge in [-0.15, -0.1) is 0 Å². The highest BCUT2D eigenvalue weighted by Gasteiger charge is 2.33. The van der Waals surface area contributed by atoms with E-state index in [-0.39, 0.29) is 30.6 Å². The smallest absolute Gasteiger partial charge is 0.340 e. The number of sulfonamides is 1. The molecule has 1 aliphatic rings. The number of alkyl halides is 3. The number of carbonyl (C=O) groups is 1. The number of nitrogens with zero attached hydrogens (tertiary/aromatic N) is 2. The highest BCUT2D eigenvalue weighted by atomic mass is 32.2. The molecule has 1 aromatic rings. The van der Waals surface area contributed by atoms with Crippen molar-refractivity contribution in [3.8, 4) is 0 Å². The van der Waals surface area contributed by atoms with Gasteiger partial charge in [0.1, 0.15) is 0 Å². The maximum atomic E-state index is 12.5. The van der Waals surface area contributed by atoms with Gasteiger partial charge in [-0.2, -0.15) is 17.5 Å². The molecule has 22 heavy (non-hydrogen) atoms. The van der Waals surface area contributed by atoms with Gasteiger partial charge in [0.25, 0.3) is 0 Å². The molecule has 0 bridgehead atoms. The van der Waals surface area contributed by atoms with Gasteiger partial charge in [-0.25, -0.2) is 8.42 Å². The normalized spacial score (nSPS) is 20.9. The standard InChI is InChI=1S/C13H15F3N2O3S/c1-10-8-18(7-6-17(10)9-19)22(20,21)12-4-2-11(3-5-12)13(14,15)16/h2-5,9-10H,6-8H2,1H3/t10-/m0/s1. The number of amides is 1. The lowest BCUT2D eigenvalue weighted by Gasteiger charge is -2.36. The van der Waals surface area contributed by atoms with Gasteiger partial charge in [-0.05, 0) is 31.2 Å². The van der Waals surface area contributed by atoms with E-state index < -0.39 is 21.8 Å². The van der Waals surface area contributed by atoms with Gasteiger partial charge < -0.3 is 4.90 Å². The van der Waals surface area contributed by atoms with Crippen LogP contribution < -0.4 is 0 Å². The predicted molar refractivity (Wildman–Crippen MR) is 72.4 cm³/mol. The van der Waals surface area contributed by atoms with Crippen molar-refractivity contribution >= 4 is 16.4 Å². The molecule has 2 rings (SSSR count). The second-order valence-electron chi connectivity index (χ2n) is 5.08. The summed E-state index contributed by atoms with van der Waals surface area (Å²) in [6.07, 6.45) is -3.85. The number of hydrogen-bond donors (Lipinski definition) is 0. The predicted octanol–water partition coefficient (Wildman–Crippen LogP) is 1.56. The summed E-state index contributed by atoms with van der Waals surface area (Å²) in [5.41, 5.74) is -0.898. The van der Waals surface area contributed by atoms with Crippen LogP contribution in [0.5, 0.6) is 0 Å². The fraction of sp³-hybridized carbons (Fsp3) is 0.462. The maximum absolute atomic E-state index is 12.5. The van der Waals surface area contributed by atoms with Gasteiger partial charge in [0, 0.05) is 25.7 Å². The fourth-order valence-corrected chi connectivity index (χ4v) is 3.79. The lowest BCUT2D eigenvalue weighted by atomic mass is 10.2. The van der Waals surface area contributed by atoms with Crippen LogP contribution in [-0.2, 0) is 21.0 Å². The zero-order valence-electron chi connectivity index (χ0n) is 11.7. The minimum atomic E-state index is -4.51. The first-order valence-corrected chi connectivity index (χ1v) is 7.98. The third-order valence-electron chi connectivity index (χ3n) is 3.60. The first-order valence-electron chi connectivity index (χ1n) is 6.54. The number of carbonyl (C=O) groups excluding carboxylic acids is 1. The molecular weight excluding hydrogens is 321 g/mol. The van der Waals surface area contributed by atoms with E-state index in [1.54, 1.807) is 6.92 Å². The van der Waals surface area contributed by atoms with Crippen molar-refractivity contribution in [2.75, 3.05) is 19.6 Å². The minimum absolute atomic E-state index is 0.113. The number of halogens is 3. The van der Waals surface area contributed by atoms with Gasteiger partial charge in [0.15, 0.2) is 0 Å². The highest BCUT2D eigenvalue weighted by molar-refractivity contribution is 7.89. The summed E-state index contributed by atoms with van der Waals surface area (Å²) >= 11 is 0. The lowest BCUT2D eigenvalue weighted by molar-refractivity contribution is -0.137. The summed E-state index contributed by atoms with van der Waals surface area (Å²) in [6.45, 7) is 2.20. The molecule has 1 fully saturated rings. The third-order valence-corrected chi connectivity index (χ3v) is 5.48. The van der Waals surface area contributed by atoms with Gasteiger partial charge in [-0.1, -0.05) is 0 Å². The molecule has 122 valence electrons. The second-order valence-corrected chi connectivity index (χ2v) is 7.02. The number of rotatable bonds is 3. The van der Waals surface area contributed by atoms with Crippen LogP contribution in [0.3, 0.4) is 0 Å². The Morgan fingerprint density at radius 1 is 1.18 bits per heavy atom. The number of benzene rings is 1. The van der Waals surface area contributed by atoms with Crippen LogP contribution in [0.2, 0.25) is 0 Å². The van der Waals surface area contributed by atoms with Crippen molar-refractivity contribution in [2.45, 2.75) is 24.0 Å². The van der Waals surface area contributed by atoms with Gasteiger partial charge in [-0.3, -0.25) is 4.79 Å². The van der Waals surface area contributed by atoms with Crippen molar-refractivity contribution in [1.29, 1.82) is 0 Å². The van der Waals surface area contributed by atoms with Crippen LogP contribution >= 0.6 is 0 Å². The molecule has 0 spiro atoms. The minimum Gasteiger partial charge on any atom is -0.340 e. The molecular formula is C13H15F3N2O3S. The van der Waals surface area contributed by atoms with Crippen LogP contribution in [0.25, 0.3) is 0 Å². The Morgan fingerprint density at radius 2 is 1.77 bits per heavy atom. The first-order chi connectivity index (χ1) is 10.2. The molecule has 1 atom stereocenters. The molecule has 0 aromatic heterocycles. The lowest BCUT2D eigenvalue weighted by Crippen LogP contribution is -2.52. The van der Waals surface area contributed by atoms with Gasteiger partial charge in [0.05, 0.1) is 10.5 Å². The monoisotopic (exact) mass is 336 g/mol. The molecule has 1 amide bonds. The van der Waals surface area contributed by atoms with Crippen LogP contribution in [0.1, 0.15) is 12.5 Å². The van der Waals surface area contributed by atoms with E-state index in [1.165, 1.54) is 9.21 Å². The Balaban J connectivity index is 2.22. The van der Waals surface area contributed by atoms with Crippen LogP contribution in [0.4, 0.5) is 13.2 Å². The molecule has 5 nitrogen and oxygen atoms in total. The molecule has 9 heteroatoms. The van der Waals surface area contributed by atoms with Crippen LogP contribution in [-0.4, -0.2) is 49.7 Å². The largest absolute Gasteiger partial charge is 0.416 e. The average Bonchev–Trinajstić information content (AvgIpc) is 2.46. The van der Waals surface area contributed by atoms with E-state index in [9.17, 15) is 26.4 Å². The van der Waals surface area contributed by atoms with Crippen molar-refractivity contribution in [1.82, 2.24) is 9.21 Å². The molecule has 1 aliphatic heterocycles. The summed E-state index contributed by atoms with van der Waals surface area (Å²) < 4.78 is 63.6. The first kappa shape index (κ1) is 16.8. The highest BCUT2D eigenvalue weighted by Crippen LogP contribution is 2.30. The maximum Gasteiger partial charge on any atom is 0.416 e. The zero-order chi connectivity index (χ0) is 16.5. The Kier molecular flexibility index (Phi) is 4.48. The summed E-state index contributed by atoms with van der Waals surface area (Å²) in [4.78, 5) is 12.1. The summed E-state index contributed by atoms with van der Waals surface area (Å²) in [7, 11) is -3.87. The van der Waals surface area contributed by atoms with Gasteiger partial charge >= 0.3 is 6.18 Å². The fourth-order valence-electron chi connectivity index (χ4n) is 2.28. The molecule has 1 aromatic carbocycles. The average molecular weight is 336 g/mol. The van der Waals surface area contributed by atoms with Crippen molar-refractivity contribution in [3.63, 3.8) is 0 Å². The van der Waals surface area contributed by atoms with E-state index in [2.05, 4.69) is 0 Å². The summed E-state index contributed by atoms with van der Waals surface area (Å²) in [5, 5.41) is 0. The van der Waals surface area contributed by atoms with Crippen LogP contribution in [0.15, 0.2) is 29.2 Å². The number of hydrogen-bond acceptors (Lipinski definition) is 3. The Labute approximate surface area is 126 Å². The quantitative estimate of drug-likeness (QED) is 0.787. The van der Waals surface area contributed by atoms with Gasteiger partial charge in [0.2, 0.25) is 16.4 Å². The second kappa shape index (κ2) is 5.88. The third kappa shape index (κ3) is 3.25. The molecule has 1 saturated heterocycles. The zero-order valence-corrected chi connectivity index (χ0v) is 12.6. The van der Waals surface area contributed by atoms with Crippen molar-refractivity contribution in [3.05, 3.63) is 29.8 Å². The molecule has 0 unspecified atom stereocenters. The van der Waals surface area contributed by atoms with E-state index in [0.717, 1.165) is 24.3 Å². The molecule has 0 N–H and O–H groups in total.